The molecule has 1 atom stereocenters. The average molecular weight is 515 g/mol. The van der Waals surface area contributed by atoms with E-state index in [9.17, 15) is 4.79 Å². The summed E-state index contributed by atoms with van der Waals surface area (Å²) in [7, 11) is -1.20. The normalized spacial score (nSPS) is 14.5. The number of hydrogen-bond donors (Lipinski definition) is 1. The van der Waals surface area contributed by atoms with Crippen LogP contribution in [0.4, 0.5) is 10.5 Å². The lowest BCUT2D eigenvalue weighted by Crippen LogP contribution is -2.40. The molecule has 1 aromatic carbocycles. The molecular formula is C28H34N6O2Si. The maximum absolute atomic E-state index is 13.1. The lowest BCUT2D eigenvalue weighted by Gasteiger charge is -2.33. The average Bonchev–Trinajstić information content (AvgIpc) is 3.22. The summed E-state index contributed by atoms with van der Waals surface area (Å²) in [6.07, 6.45) is 1.79. The Hall–Kier alpha value is -3.56. The molecule has 1 aliphatic heterocycles. The Kier molecular flexibility index (Phi) is 6.83. The predicted molar refractivity (Wildman–Crippen MR) is 149 cm³/mol. The van der Waals surface area contributed by atoms with Gasteiger partial charge in [0.25, 0.3) is 0 Å². The number of carbonyl (C=O) groups is 1. The molecule has 0 spiro atoms. The van der Waals surface area contributed by atoms with Gasteiger partial charge < -0.3 is 15.0 Å². The van der Waals surface area contributed by atoms with Crippen molar-refractivity contribution in [3.63, 3.8) is 0 Å². The second-order valence-electron chi connectivity index (χ2n) is 10.9. The number of ether oxygens (including phenoxy) is 1. The summed E-state index contributed by atoms with van der Waals surface area (Å²) in [6.45, 7) is 12.5. The Labute approximate surface area is 218 Å². The third-order valence-electron chi connectivity index (χ3n) is 6.76. The van der Waals surface area contributed by atoms with Gasteiger partial charge in [0.15, 0.2) is 0 Å². The van der Waals surface area contributed by atoms with Crippen molar-refractivity contribution >= 4 is 30.8 Å². The fourth-order valence-corrected chi connectivity index (χ4v) is 5.28. The van der Waals surface area contributed by atoms with Gasteiger partial charge >= 0.3 is 6.03 Å². The Morgan fingerprint density at radius 3 is 2.65 bits per heavy atom. The van der Waals surface area contributed by atoms with Crippen molar-refractivity contribution in [3.05, 3.63) is 71.7 Å². The van der Waals surface area contributed by atoms with Crippen molar-refractivity contribution in [2.45, 2.75) is 58.9 Å². The van der Waals surface area contributed by atoms with Crippen LogP contribution in [0.1, 0.15) is 29.9 Å². The number of nitrogens with one attached hydrogen (secondary N) is 1. The zero-order chi connectivity index (χ0) is 26.2. The van der Waals surface area contributed by atoms with E-state index in [4.69, 9.17) is 14.8 Å². The minimum Gasteiger partial charge on any atom is -0.360 e. The van der Waals surface area contributed by atoms with Gasteiger partial charge in [0.1, 0.15) is 17.9 Å². The topological polar surface area (TPSA) is 85.2 Å². The number of amides is 2. The Bertz CT molecular complexity index is 1430. The maximum atomic E-state index is 13.1. The fourth-order valence-electron chi connectivity index (χ4n) is 4.52. The highest BCUT2D eigenvalue weighted by Crippen LogP contribution is 2.34. The Morgan fingerprint density at radius 2 is 1.92 bits per heavy atom. The molecule has 4 aromatic rings. The lowest BCUT2D eigenvalue weighted by atomic mass is 10.1. The van der Waals surface area contributed by atoms with Crippen molar-refractivity contribution in [3.8, 4) is 11.3 Å². The number of aryl methyl sites for hydroxylation is 1. The van der Waals surface area contributed by atoms with Gasteiger partial charge in [-0.15, -0.1) is 0 Å². The summed E-state index contributed by atoms with van der Waals surface area (Å²) in [5.74, 6) is 0. The van der Waals surface area contributed by atoms with Crippen molar-refractivity contribution in [1.29, 1.82) is 0 Å². The molecule has 0 saturated carbocycles. The van der Waals surface area contributed by atoms with Crippen molar-refractivity contribution in [2.24, 2.45) is 0 Å². The molecule has 0 saturated heterocycles. The zero-order valence-corrected chi connectivity index (χ0v) is 23.2. The van der Waals surface area contributed by atoms with Crippen molar-refractivity contribution in [1.82, 2.24) is 24.6 Å². The summed E-state index contributed by atoms with van der Waals surface area (Å²) in [5, 5.41) is 7.98. The van der Waals surface area contributed by atoms with Crippen LogP contribution < -0.4 is 5.32 Å². The van der Waals surface area contributed by atoms with Crippen LogP contribution in [0.3, 0.4) is 0 Å². The number of anilines is 1. The number of nitrogens with zero attached hydrogens (tertiary/aromatic N) is 5. The van der Waals surface area contributed by atoms with E-state index in [0.717, 1.165) is 51.0 Å². The maximum Gasteiger partial charge on any atom is 0.322 e. The summed E-state index contributed by atoms with van der Waals surface area (Å²) in [4.78, 5) is 24.3. The number of carbonyl (C=O) groups excluding carboxylic acids is 1. The fraction of sp³-hybridized carbons (Fsp3) is 0.357. The largest absolute Gasteiger partial charge is 0.360 e. The molecule has 37 heavy (non-hydrogen) atoms. The van der Waals surface area contributed by atoms with Gasteiger partial charge in [0.05, 0.1) is 29.5 Å². The standard InChI is InChI=1S/C28H34N6O2Si/c1-19-15-22(11-12-29-19)26-27-25(34(32-26)18-36-13-14-37(3,4)5)16-23-24(30-27)17-33(28(35)31-23)20(2)21-9-7-6-8-10-21/h6-12,15-16,20H,13-14,17-18H2,1-5H3,(H,31,35)/t20-/m1/s1. The van der Waals surface area contributed by atoms with E-state index in [1.807, 2.05) is 72.0 Å². The summed E-state index contributed by atoms with van der Waals surface area (Å²) in [6, 6.07) is 16.9. The van der Waals surface area contributed by atoms with E-state index in [0.29, 0.717) is 19.9 Å². The molecule has 9 heteroatoms. The number of rotatable bonds is 8. The molecule has 1 aliphatic rings. The number of pyridine rings is 2. The van der Waals surface area contributed by atoms with E-state index in [2.05, 4.69) is 29.9 Å². The number of hydrogen-bond acceptors (Lipinski definition) is 5. The van der Waals surface area contributed by atoms with E-state index in [1.165, 1.54) is 0 Å². The van der Waals surface area contributed by atoms with Crippen LogP contribution in [-0.4, -0.2) is 45.4 Å². The Morgan fingerprint density at radius 1 is 1.14 bits per heavy atom. The van der Waals surface area contributed by atoms with Gasteiger partial charge in [-0.1, -0.05) is 50.0 Å². The molecule has 0 bridgehead atoms. The van der Waals surface area contributed by atoms with Crippen LogP contribution >= 0.6 is 0 Å². The zero-order valence-electron chi connectivity index (χ0n) is 22.2. The summed E-state index contributed by atoms with van der Waals surface area (Å²) >= 11 is 0. The monoisotopic (exact) mass is 514 g/mol. The second kappa shape index (κ2) is 10.1. The van der Waals surface area contributed by atoms with E-state index < -0.39 is 8.07 Å². The molecule has 0 unspecified atom stereocenters. The summed E-state index contributed by atoms with van der Waals surface area (Å²) in [5.41, 5.74) is 6.91. The first kappa shape index (κ1) is 25.1. The smallest absolute Gasteiger partial charge is 0.322 e. The van der Waals surface area contributed by atoms with Crippen LogP contribution in [0.5, 0.6) is 0 Å². The highest BCUT2D eigenvalue weighted by Gasteiger charge is 2.30. The van der Waals surface area contributed by atoms with Crippen molar-refractivity contribution < 1.29 is 9.53 Å². The number of benzene rings is 1. The molecule has 5 rings (SSSR count). The minimum absolute atomic E-state index is 0.0864. The molecule has 0 fully saturated rings. The van der Waals surface area contributed by atoms with Crippen molar-refractivity contribution in [2.75, 3.05) is 11.9 Å². The first-order valence-corrected chi connectivity index (χ1v) is 16.4. The SMILES string of the molecule is Cc1cc(-c2nn(COCC[Si](C)(C)C)c3cc4c(nc23)CN([C@H](C)c2ccccc2)C(=O)N4)ccn1. The molecule has 3 aromatic heterocycles. The molecule has 2 amide bonds. The molecule has 8 nitrogen and oxygen atoms in total. The van der Waals surface area contributed by atoms with Crippen LogP contribution in [0.15, 0.2) is 54.7 Å². The third kappa shape index (κ3) is 5.42. The highest BCUT2D eigenvalue weighted by atomic mass is 28.3. The lowest BCUT2D eigenvalue weighted by molar-refractivity contribution is 0.0818. The quantitative estimate of drug-likeness (QED) is 0.223. The van der Waals surface area contributed by atoms with E-state index in [1.54, 1.807) is 6.20 Å². The molecular weight excluding hydrogens is 480 g/mol. The van der Waals surface area contributed by atoms with Crippen LogP contribution in [0.25, 0.3) is 22.3 Å². The molecule has 1 N–H and O–H groups in total. The van der Waals surface area contributed by atoms with Gasteiger partial charge in [0.2, 0.25) is 0 Å². The summed E-state index contributed by atoms with van der Waals surface area (Å²) < 4.78 is 7.89. The van der Waals surface area contributed by atoms with E-state index >= 15 is 0 Å². The van der Waals surface area contributed by atoms with Gasteiger partial charge in [-0.2, -0.15) is 5.10 Å². The number of aromatic nitrogens is 4. The second-order valence-corrected chi connectivity index (χ2v) is 16.5. The Balaban J connectivity index is 1.52. The van der Waals surface area contributed by atoms with Crippen LogP contribution in [0.2, 0.25) is 25.7 Å². The number of fused-ring (bicyclic) bond motifs is 2. The first-order valence-electron chi connectivity index (χ1n) is 12.7. The molecule has 0 aliphatic carbocycles. The molecule has 0 radical (unpaired) electrons. The molecule has 4 heterocycles. The number of urea groups is 1. The van der Waals surface area contributed by atoms with Crippen LogP contribution in [-0.2, 0) is 18.0 Å². The third-order valence-corrected chi connectivity index (χ3v) is 8.46. The van der Waals surface area contributed by atoms with Gasteiger partial charge in [0, 0.05) is 32.1 Å². The minimum atomic E-state index is -1.20. The van der Waals surface area contributed by atoms with Gasteiger partial charge in [-0.05, 0) is 43.7 Å². The van der Waals surface area contributed by atoms with Crippen LogP contribution in [0, 0.1) is 6.92 Å². The predicted octanol–water partition coefficient (Wildman–Crippen LogP) is 6.22. The van der Waals surface area contributed by atoms with E-state index in [-0.39, 0.29) is 12.1 Å². The van der Waals surface area contributed by atoms with Gasteiger partial charge in [-0.25, -0.2) is 14.5 Å². The van der Waals surface area contributed by atoms with Gasteiger partial charge in [-0.3, -0.25) is 4.98 Å². The molecule has 192 valence electrons. The highest BCUT2D eigenvalue weighted by molar-refractivity contribution is 6.76. The first-order chi connectivity index (χ1) is 17.7.